The van der Waals surface area contributed by atoms with Crippen molar-refractivity contribution >= 4 is 11.9 Å². The second kappa shape index (κ2) is 6.25. The molecule has 0 spiro atoms. The zero-order valence-electron chi connectivity index (χ0n) is 11.5. The monoisotopic (exact) mass is 317 g/mol. The van der Waals surface area contributed by atoms with Crippen molar-refractivity contribution in [2.75, 3.05) is 13.2 Å². The maximum Gasteiger partial charge on any atom is 0.416 e. The van der Waals surface area contributed by atoms with Crippen LogP contribution in [0.3, 0.4) is 0 Å². The fraction of sp³-hybridized carbons (Fsp3) is 0.429. The van der Waals surface area contributed by atoms with Crippen LogP contribution in [0.4, 0.5) is 13.2 Å². The Morgan fingerprint density at radius 2 is 2.09 bits per heavy atom. The Bertz CT molecular complexity index is 573. The number of hydrogen-bond acceptors (Lipinski definition) is 3. The van der Waals surface area contributed by atoms with Gasteiger partial charge in [0, 0.05) is 6.54 Å². The molecule has 0 radical (unpaired) electrons. The van der Waals surface area contributed by atoms with Gasteiger partial charge in [-0.25, -0.2) is 4.79 Å². The molecule has 22 heavy (non-hydrogen) atoms. The van der Waals surface area contributed by atoms with Crippen molar-refractivity contribution in [1.82, 2.24) is 4.90 Å². The molecule has 5 nitrogen and oxygen atoms in total. The average molecular weight is 317 g/mol. The van der Waals surface area contributed by atoms with Gasteiger partial charge in [-0.15, -0.1) is 0 Å². The van der Waals surface area contributed by atoms with E-state index in [0.29, 0.717) is 19.4 Å². The lowest BCUT2D eigenvalue weighted by Crippen LogP contribution is -2.42. The second-order valence-corrected chi connectivity index (χ2v) is 4.90. The van der Waals surface area contributed by atoms with Gasteiger partial charge in [0.05, 0.1) is 5.56 Å². The summed E-state index contributed by atoms with van der Waals surface area (Å²) in [6.45, 7) is -0.188. The topological polar surface area (TPSA) is 66.8 Å². The van der Waals surface area contributed by atoms with Gasteiger partial charge in [-0.2, -0.15) is 13.2 Å². The van der Waals surface area contributed by atoms with Crippen LogP contribution in [0, 0.1) is 0 Å². The van der Waals surface area contributed by atoms with Gasteiger partial charge < -0.3 is 14.7 Å². The number of rotatable bonds is 4. The molecule has 0 aromatic heterocycles. The molecule has 0 saturated carbocycles. The molecule has 0 unspecified atom stereocenters. The van der Waals surface area contributed by atoms with Gasteiger partial charge in [-0.1, -0.05) is 6.07 Å². The summed E-state index contributed by atoms with van der Waals surface area (Å²) >= 11 is 0. The van der Waals surface area contributed by atoms with Crippen LogP contribution in [0.25, 0.3) is 0 Å². The van der Waals surface area contributed by atoms with Crippen molar-refractivity contribution in [1.29, 1.82) is 0 Å². The van der Waals surface area contributed by atoms with Gasteiger partial charge in [0.25, 0.3) is 5.91 Å². The van der Waals surface area contributed by atoms with Crippen LogP contribution in [-0.2, 0) is 15.8 Å². The third-order valence-corrected chi connectivity index (χ3v) is 3.38. The normalized spacial score (nSPS) is 18.3. The van der Waals surface area contributed by atoms with Crippen LogP contribution in [0.15, 0.2) is 24.3 Å². The number of amides is 1. The highest BCUT2D eigenvalue weighted by Crippen LogP contribution is 2.31. The van der Waals surface area contributed by atoms with Gasteiger partial charge in [-0.3, -0.25) is 4.79 Å². The highest BCUT2D eigenvalue weighted by molar-refractivity contribution is 5.85. The number of likely N-dealkylation sites (tertiary alicyclic amines) is 1. The smallest absolute Gasteiger partial charge is 0.416 e. The standard InChI is InChI=1S/C14H14F3NO4/c15-14(16,17)9-3-1-4-10(7-9)22-8-12(19)18-6-2-5-11(18)13(20)21/h1,3-4,7,11H,2,5-6,8H2,(H,20,21)/t11-/m1/s1. The zero-order valence-corrected chi connectivity index (χ0v) is 11.5. The first-order valence-electron chi connectivity index (χ1n) is 6.61. The zero-order chi connectivity index (χ0) is 16.3. The first-order chi connectivity index (χ1) is 10.3. The molecule has 2 rings (SSSR count). The molecular formula is C14H14F3NO4. The van der Waals surface area contributed by atoms with Crippen LogP contribution >= 0.6 is 0 Å². The Labute approximate surface area is 124 Å². The Balaban J connectivity index is 1.98. The van der Waals surface area contributed by atoms with E-state index in [-0.39, 0.29) is 5.75 Å². The minimum Gasteiger partial charge on any atom is -0.484 e. The summed E-state index contributed by atoms with van der Waals surface area (Å²) in [5.41, 5.74) is -0.873. The fourth-order valence-corrected chi connectivity index (χ4v) is 2.31. The van der Waals surface area contributed by atoms with E-state index in [2.05, 4.69) is 0 Å². The van der Waals surface area contributed by atoms with Gasteiger partial charge >= 0.3 is 12.1 Å². The molecule has 1 atom stereocenters. The molecule has 0 aliphatic carbocycles. The lowest BCUT2D eigenvalue weighted by Gasteiger charge is -2.21. The number of ether oxygens (including phenoxy) is 1. The van der Waals surface area contributed by atoms with Gasteiger partial charge in [-0.05, 0) is 31.0 Å². The first kappa shape index (κ1) is 16.1. The molecular weight excluding hydrogens is 303 g/mol. The van der Waals surface area contributed by atoms with E-state index in [9.17, 15) is 22.8 Å². The van der Waals surface area contributed by atoms with Gasteiger partial charge in [0.15, 0.2) is 6.61 Å². The molecule has 1 amide bonds. The summed E-state index contributed by atoms with van der Waals surface area (Å²) < 4.78 is 42.7. The van der Waals surface area contributed by atoms with Crippen LogP contribution in [-0.4, -0.2) is 41.1 Å². The third kappa shape index (κ3) is 3.69. The van der Waals surface area contributed by atoms with Crippen molar-refractivity contribution in [3.63, 3.8) is 0 Å². The Kier molecular flexibility index (Phi) is 4.58. The Morgan fingerprint density at radius 1 is 1.36 bits per heavy atom. The predicted molar refractivity (Wildman–Crippen MR) is 69.3 cm³/mol. The molecule has 1 saturated heterocycles. The Morgan fingerprint density at radius 3 is 2.73 bits per heavy atom. The lowest BCUT2D eigenvalue weighted by molar-refractivity contribution is -0.149. The minimum atomic E-state index is -4.49. The summed E-state index contributed by atoms with van der Waals surface area (Å²) in [6.07, 6.45) is -3.55. The number of nitrogens with zero attached hydrogens (tertiary/aromatic N) is 1. The van der Waals surface area contributed by atoms with E-state index in [1.54, 1.807) is 0 Å². The summed E-state index contributed by atoms with van der Waals surface area (Å²) in [4.78, 5) is 24.1. The quantitative estimate of drug-likeness (QED) is 0.924. The number of carboxylic acid groups (broad SMARTS) is 1. The minimum absolute atomic E-state index is 0.0887. The number of benzene rings is 1. The van der Waals surface area contributed by atoms with E-state index in [0.717, 1.165) is 12.1 Å². The number of aliphatic carboxylic acids is 1. The van der Waals surface area contributed by atoms with Crippen LogP contribution < -0.4 is 4.74 Å². The average Bonchev–Trinajstić information content (AvgIpc) is 2.94. The first-order valence-corrected chi connectivity index (χ1v) is 6.61. The second-order valence-electron chi connectivity index (χ2n) is 4.90. The van der Waals surface area contributed by atoms with Crippen molar-refractivity contribution in [2.45, 2.75) is 25.1 Å². The summed E-state index contributed by atoms with van der Waals surface area (Å²) in [5, 5.41) is 8.98. The summed E-state index contributed by atoms with van der Waals surface area (Å²) in [6, 6.07) is 3.29. The maximum atomic E-state index is 12.6. The lowest BCUT2D eigenvalue weighted by atomic mass is 10.2. The van der Waals surface area contributed by atoms with Crippen molar-refractivity contribution < 1.29 is 32.6 Å². The summed E-state index contributed by atoms with van der Waals surface area (Å²) in [7, 11) is 0. The molecule has 0 bridgehead atoms. The van der Waals surface area contributed by atoms with Crippen LogP contribution in [0.1, 0.15) is 18.4 Å². The van der Waals surface area contributed by atoms with E-state index < -0.39 is 36.3 Å². The SMILES string of the molecule is O=C(O)[C@H]1CCCN1C(=O)COc1cccc(C(F)(F)F)c1. The number of alkyl halides is 3. The molecule has 1 aromatic rings. The molecule has 1 fully saturated rings. The van der Waals surface area contributed by atoms with E-state index >= 15 is 0 Å². The largest absolute Gasteiger partial charge is 0.484 e. The number of carbonyl (C=O) groups is 2. The third-order valence-electron chi connectivity index (χ3n) is 3.38. The maximum absolute atomic E-state index is 12.6. The van der Waals surface area contributed by atoms with Crippen molar-refractivity contribution in [3.8, 4) is 5.75 Å². The number of halogens is 3. The summed E-state index contributed by atoms with van der Waals surface area (Å²) in [5.74, 6) is -1.73. The fourth-order valence-electron chi connectivity index (χ4n) is 2.31. The molecule has 1 heterocycles. The van der Waals surface area contributed by atoms with E-state index in [1.807, 2.05) is 0 Å². The highest BCUT2D eigenvalue weighted by Gasteiger charge is 2.34. The van der Waals surface area contributed by atoms with Crippen LogP contribution in [0.5, 0.6) is 5.75 Å². The highest BCUT2D eigenvalue weighted by atomic mass is 19.4. The predicted octanol–water partition coefficient (Wildman–Crippen LogP) is 2.16. The van der Waals surface area contributed by atoms with E-state index in [4.69, 9.17) is 9.84 Å². The van der Waals surface area contributed by atoms with Crippen molar-refractivity contribution in [2.24, 2.45) is 0 Å². The molecule has 1 aliphatic rings. The molecule has 1 N–H and O–H groups in total. The molecule has 8 heteroatoms. The molecule has 120 valence electrons. The number of carboxylic acids is 1. The number of carbonyl (C=O) groups excluding carboxylic acids is 1. The number of hydrogen-bond donors (Lipinski definition) is 1. The van der Waals surface area contributed by atoms with Crippen molar-refractivity contribution in [3.05, 3.63) is 29.8 Å². The van der Waals surface area contributed by atoms with Gasteiger partial charge in [0.1, 0.15) is 11.8 Å². The molecule has 1 aliphatic heterocycles. The Hall–Kier alpha value is -2.25. The van der Waals surface area contributed by atoms with Crippen LogP contribution in [0.2, 0.25) is 0 Å². The van der Waals surface area contributed by atoms with Gasteiger partial charge in [0.2, 0.25) is 0 Å². The van der Waals surface area contributed by atoms with E-state index in [1.165, 1.54) is 17.0 Å². The molecule has 1 aromatic carbocycles.